The van der Waals surface area contributed by atoms with Gasteiger partial charge in [-0.15, -0.1) is 0 Å². The molecule has 3 heteroatoms. The van der Waals surface area contributed by atoms with E-state index in [0.717, 1.165) is 24.6 Å². The highest BCUT2D eigenvalue weighted by molar-refractivity contribution is 5.42. The van der Waals surface area contributed by atoms with E-state index < -0.39 is 0 Å². The summed E-state index contributed by atoms with van der Waals surface area (Å²) in [7, 11) is 2.19. The van der Waals surface area contributed by atoms with Gasteiger partial charge in [0.05, 0.1) is 0 Å². The van der Waals surface area contributed by atoms with E-state index in [2.05, 4.69) is 43.2 Å². The highest BCUT2D eigenvalue weighted by Gasteiger charge is 2.20. The van der Waals surface area contributed by atoms with Gasteiger partial charge >= 0.3 is 0 Å². The summed E-state index contributed by atoms with van der Waals surface area (Å²) < 4.78 is 0. The molecule has 1 fully saturated rings. The van der Waals surface area contributed by atoms with Crippen LogP contribution in [0.15, 0.2) is 12.1 Å². The van der Waals surface area contributed by atoms with Crippen LogP contribution in [0.2, 0.25) is 0 Å². The lowest BCUT2D eigenvalue weighted by atomic mass is 10.1. The molecule has 19 heavy (non-hydrogen) atoms. The van der Waals surface area contributed by atoms with E-state index in [-0.39, 0.29) is 0 Å². The Morgan fingerprint density at radius 2 is 2.05 bits per heavy atom. The molecule has 106 valence electrons. The minimum Gasteiger partial charge on any atom is -0.357 e. The predicted molar refractivity (Wildman–Crippen MR) is 81.6 cm³/mol. The average Bonchev–Trinajstić information content (AvgIpc) is 2.94. The summed E-state index contributed by atoms with van der Waals surface area (Å²) in [6.07, 6.45) is 6.54. The van der Waals surface area contributed by atoms with Crippen molar-refractivity contribution < 1.29 is 0 Å². The lowest BCUT2D eigenvalue weighted by Gasteiger charge is -2.26. The van der Waals surface area contributed by atoms with Crippen LogP contribution in [0.1, 0.15) is 50.3 Å². The van der Waals surface area contributed by atoms with Crippen LogP contribution in [0.3, 0.4) is 0 Å². The van der Waals surface area contributed by atoms with Crippen molar-refractivity contribution in [2.24, 2.45) is 0 Å². The standard InChI is InChI=1S/C16H27N3/c1-4-11-17-12-14-9-10-16(18-13(14)2)19(3)15-7-5-6-8-15/h9-10,15,17H,4-8,11-12H2,1-3H3. The molecule has 0 atom stereocenters. The number of nitrogens with zero attached hydrogens (tertiary/aromatic N) is 2. The summed E-state index contributed by atoms with van der Waals surface area (Å²) in [5.74, 6) is 1.13. The summed E-state index contributed by atoms with van der Waals surface area (Å²) in [5.41, 5.74) is 2.47. The molecule has 0 aliphatic heterocycles. The van der Waals surface area contributed by atoms with Crippen molar-refractivity contribution >= 4 is 5.82 Å². The van der Waals surface area contributed by atoms with Crippen LogP contribution < -0.4 is 10.2 Å². The number of rotatable bonds is 6. The zero-order chi connectivity index (χ0) is 13.7. The maximum absolute atomic E-state index is 4.78. The second-order valence-electron chi connectivity index (χ2n) is 5.64. The number of hydrogen-bond donors (Lipinski definition) is 1. The normalized spacial score (nSPS) is 15.9. The number of pyridine rings is 1. The Hall–Kier alpha value is -1.09. The van der Waals surface area contributed by atoms with E-state index in [4.69, 9.17) is 4.98 Å². The molecule has 2 rings (SSSR count). The maximum Gasteiger partial charge on any atom is 0.128 e. The molecule has 0 aromatic carbocycles. The minimum absolute atomic E-state index is 0.691. The third kappa shape index (κ3) is 3.69. The molecule has 0 saturated heterocycles. The van der Waals surface area contributed by atoms with Crippen molar-refractivity contribution in [1.29, 1.82) is 0 Å². The summed E-state index contributed by atoms with van der Waals surface area (Å²) in [4.78, 5) is 7.15. The Kier molecular flexibility index (Phi) is 5.20. The molecule has 0 amide bonds. The van der Waals surface area contributed by atoms with Crippen LogP contribution in [-0.2, 0) is 6.54 Å². The van der Waals surface area contributed by atoms with Crippen LogP contribution in [0, 0.1) is 6.92 Å². The van der Waals surface area contributed by atoms with Gasteiger partial charge in [0.2, 0.25) is 0 Å². The highest BCUT2D eigenvalue weighted by Crippen LogP contribution is 2.26. The van der Waals surface area contributed by atoms with Crippen LogP contribution in [0.5, 0.6) is 0 Å². The molecule has 1 aromatic rings. The van der Waals surface area contributed by atoms with Crippen LogP contribution >= 0.6 is 0 Å². The molecule has 0 unspecified atom stereocenters. The first-order valence-electron chi connectivity index (χ1n) is 7.62. The first kappa shape index (κ1) is 14.3. The lowest BCUT2D eigenvalue weighted by Crippen LogP contribution is -2.29. The SMILES string of the molecule is CCCNCc1ccc(N(C)C2CCCC2)nc1C. The van der Waals surface area contributed by atoms with E-state index in [0.29, 0.717) is 6.04 Å². The van der Waals surface area contributed by atoms with Crippen molar-refractivity contribution in [3.05, 3.63) is 23.4 Å². The Morgan fingerprint density at radius 3 is 2.68 bits per heavy atom. The van der Waals surface area contributed by atoms with Crippen molar-refractivity contribution in [1.82, 2.24) is 10.3 Å². The molecule has 1 heterocycles. The molecule has 0 radical (unpaired) electrons. The van der Waals surface area contributed by atoms with Gasteiger partial charge in [0.15, 0.2) is 0 Å². The summed E-state index contributed by atoms with van der Waals surface area (Å²) in [6.45, 7) is 6.32. The quantitative estimate of drug-likeness (QED) is 0.797. The van der Waals surface area contributed by atoms with Gasteiger partial charge in [-0.05, 0) is 44.4 Å². The van der Waals surface area contributed by atoms with Crippen molar-refractivity contribution in [3.8, 4) is 0 Å². The molecule has 1 aromatic heterocycles. The second-order valence-corrected chi connectivity index (χ2v) is 5.64. The molecule has 0 bridgehead atoms. The predicted octanol–water partition coefficient (Wildman–Crippen LogP) is 3.27. The van der Waals surface area contributed by atoms with Crippen LogP contribution in [0.4, 0.5) is 5.82 Å². The fourth-order valence-corrected chi connectivity index (χ4v) is 2.84. The first-order chi connectivity index (χ1) is 9.22. The van der Waals surface area contributed by atoms with Gasteiger partial charge in [-0.25, -0.2) is 4.98 Å². The van der Waals surface area contributed by atoms with E-state index in [1.165, 1.54) is 37.7 Å². The number of hydrogen-bond acceptors (Lipinski definition) is 3. The van der Waals surface area contributed by atoms with Gasteiger partial charge in [0, 0.05) is 25.3 Å². The van der Waals surface area contributed by atoms with Crippen molar-refractivity contribution in [2.45, 2.75) is 58.5 Å². The summed E-state index contributed by atoms with van der Waals surface area (Å²) in [6, 6.07) is 5.09. The fourth-order valence-electron chi connectivity index (χ4n) is 2.84. The van der Waals surface area contributed by atoms with Crippen LogP contribution in [0.25, 0.3) is 0 Å². The lowest BCUT2D eigenvalue weighted by molar-refractivity contribution is 0.643. The maximum atomic E-state index is 4.78. The minimum atomic E-state index is 0.691. The van der Waals surface area contributed by atoms with E-state index >= 15 is 0 Å². The van der Waals surface area contributed by atoms with E-state index in [1.807, 2.05) is 0 Å². The first-order valence-corrected chi connectivity index (χ1v) is 7.62. The molecule has 0 spiro atoms. The van der Waals surface area contributed by atoms with Crippen molar-refractivity contribution in [3.63, 3.8) is 0 Å². The van der Waals surface area contributed by atoms with Gasteiger partial charge < -0.3 is 10.2 Å². The van der Waals surface area contributed by atoms with Gasteiger partial charge in [0.25, 0.3) is 0 Å². The third-order valence-electron chi connectivity index (χ3n) is 4.16. The van der Waals surface area contributed by atoms with Gasteiger partial charge in [-0.1, -0.05) is 25.8 Å². The second kappa shape index (κ2) is 6.90. The third-order valence-corrected chi connectivity index (χ3v) is 4.16. The fraction of sp³-hybridized carbons (Fsp3) is 0.688. The largest absolute Gasteiger partial charge is 0.357 e. The van der Waals surface area contributed by atoms with E-state index in [9.17, 15) is 0 Å². The monoisotopic (exact) mass is 261 g/mol. The zero-order valence-corrected chi connectivity index (χ0v) is 12.6. The van der Waals surface area contributed by atoms with Crippen molar-refractivity contribution in [2.75, 3.05) is 18.5 Å². The number of anilines is 1. The smallest absolute Gasteiger partial charge is 0.128 e. The summed E-state index contributed by atoms with van der Waals surface area (Å²) in [5, 5.41) is 3.44. The van der Waals surface area contributed by atoms with Crippen LogP contribution in [-0.4, -0.2) is 24.6 Å². The van der Waals surface area contributed by atoms with E-state index in [1.54, 1.807) is 0 Å². The average molecular weight is 261 g/mol. The molecule has 1 aliphatic carbocycles. The van der Waals surface area contributed by atoms with Gasteiger partial charge in [-0.3, -0.25) is 0 Å². The topological polar surface area (TPSA) is 28.2 Å². The molecule has 1 N–H and O–H groups in total. The highest BCUT2D eigenvalue weighted by atomic mass is 15.2. The number of aromatic nitrogens is 1. The Labute approximate surface area is 117 Å². The Morgan fingerprint density at radius 1 is 1.32 bits per heavy atom. The van der Waals surface area contributed by atoms with Gasteiger partial charge in [0.1, 0.15) is 5.82 Å². The Bertz CT molecular complexity index is 397. The Balaban J connectivity index is 2.00. The molecule has 3 nitrogen and oxygen atoms in total. The molecular weight excluding hydrogens is 234 g/mol. The zero-order valence-electron chi connectivity index (χ0n) is 12.6. The number of nitrogens with one attached hydrogen (secondary N) is 1. The van der Waals surface area contributed by atoms with Gasteiger partial charge in [-0.2, -0.15) is 0 Å². The molecule has 1 aliphatic rings. The molecule has 1 saturated carbocycles. The number of aryl methyl sites for hydroxylation is 1. The summed E-state index contributed by atoms with van der Waals surface area (Å²) >= 11 is 0. The molecular formula is C16H27N3.